The maximum atomic E-state index is 14.0. The van der Waals surface area contributed by atoms with Gasteiger partial charge in [-0.2, -0.15) is 18.3 Å². The molecule has 3 aromatic rings. The fourth-order valence-electron chi connectivity index (χ4n) is 3.74. The van der Waals surface area contributed by atoms with Gasteiger partial charge in [-0.1, -0.05) is 29.3 Å². The van der Waals surface area contributed by atoms with Crippen LogP contribution in [0, 0.1) is 0 Å². The Morgan fingerprint density at radius 2 is 1.82 bits per heavy atom. The van der Waals surface area contributed by atoms with Crippen molar-refractivity contribution in [1.82, 2.24) is 9.78 Å². The Labute approximate surface area is 202 Å². The minimum absolute atomic E-state index is 0.0626. The van der Waals surface area contributed by atoms with E-state index >= 15 is 0 Å². The Bertz CT molecular complexity index is 1230. The minimum atomic E-state index is -4.59. The number of anilines is 2. The number of carbonyl (C=O) groups is 1. The van der Waals surface area contributed by atoms with Crippen LogP contribution in [0.3, 0.4) is 0 Å². The molecule has 7 nitrogen and oxygen atoms in total. The first-order valence-electron chi connectivity index (χ1n) is 10.0. The predicted molar refractivity (Wildman–Crippen MR) is 122 cm³/mol. The van der Waals surface area contributed by atoms with E-state index in [4.69, 9.17) is 32.7 Å². The molecule has 2 heterocycles. The average molecular weight is 515 g/mol. The lowest BCUT2D eigenvalue weighted by Gasteiger charge is -2.33. The Morgan fingerprint density at radius 3 is 2.47 bits per heavy atom. The zero-order chi connectivity index (χ0) is 24.6. The SMILES string of the molecule is COc1ccc([C@@H]2C[C@@H](C(F)(F)F)n3nc(C(=O)Nc4ccc(Cl)c(Cl)c4)cc3N2)cc1OC. The molecule has 2 atom stereocenters. The van der Waals surface area contributed by atoms with Gasteiger partial charge in [-0.15, -0.1) is 0 Å². The lowest BCUT2D eigenvalue weighted by molar-refractivity contribution is -0.173. The molecular weight excluding hydrogens is 496 g/mol. The second-order valence-electron chi connectivity index (χ2n) is 7.55. The fourth-order valence-corrected chi connectivity index (χ4v) is 4.04. The molecule has 2 aromatic carbocycles. The smallest absolute Gasteiger partial charge is 0.410 e. The van der Waals surface area contributed by atoms with Gasteiger partial charge in [0.05, 0.1) is 30.3 Å². The predicted octanol–water partition coefficient (Wildman–Crippen LogP) is 6.12. The molecule has 1 aromatic heterocycles. The Hall–Kier alpha value is -3.11. The molecule has 0 bridgehead atoms. The zero-order valence-electron chi connectivity index (χ0n) is 17.9. The number of aromatic nitrogens is 2. The minimum Gasteiger partial charge on any atom is -0.493 e. The molecule has 34 heavy (non-hydrogen) atoms. The maximum absolute atomic E-state index is 14.0. The van der Waals surface area contributed by atoms with Gasteiger partial charge in [0, 0.05) is 18.2 Å². The summed E-state index contributed by atoms with van der Waals surface area (Å²) in [6, 6.07) is 7.98. The number of rotatable bonds is 5. The topological polar surface area (TPSA) is 77.4 Å². The highest BCUT2D eigenvalue weighted by atomic mass is 35.5. The quantitative estimate of drug-likeness (QED) is 0.428. The zero-order valence-corrected chi connectivity index (χ0v) is 19.4. The van der Waals surface area contributed by atoms with Crippen LogP contribution in [0.4, 0.5) is 24.7 Å². The van der Waals surface area contributed by atoms with Crippen LogP contribution in [-0.4, -0.2) is 36.1 Å². The summed E-state index contributed by atoms with van der Waals surface area (Å²) >= 11 is 11.8. The third kappa shape index (κ3) is 4.74. The molecule has 0 aliphatic carbocycles. The van der Waals surface area contributed by atoms with Crippen molar-refractivity contribution < 1.29 is 27.4 Å². The van der Waals surface area contributed by atoms with E-state index < -0.39 is 24.2 Å². The summed E-state index contributed by atoms with van der Waals surface area (Å²) in [6.45, 7) is 0. The first kappa shape index (κ1) is 24.0. The molecule has 0 spiro atoms. The molecule has 0 saturated heterocycles. The molecule has 4 rings (SSSR count). The van der Waals surface area contributed by atoms with Gasteiger partial charge in [0.25, 0.3) is 5.91 Å². The molecule has 1 amide bonds. The van der Waals surface area contributed by atoms with Crippen molar-refractivity contribution in [3.05, 3.63) is 63.8 Å². The van der Waals surface area contributed by atoms with Gasteiger partial charge in [-0.25, -0.2) is 4.68 Å². The van der Waals surface area contributed by atoms with Gasteiger partial charge in [0.15, 0.2) is 23.2 Å². The molecular formula is C22H19Cl2F3N4O3. The van der Waals surface area contributed by atoms with Gasteiger partial charge >= 0.3 is 6.18 Å². The van der Waals surface area contributed by atoms with E-state index in [2.05, 4.69) is 15.7 Å². The van der Waals surface area contributed by atoms with Gasteiger partial charge in [-0.3, -0.25) is 4.79 Å². The molecule has 0 fully saturated rings. The lowest BCUT2D eigenvalue weighted by atomic mass is 9.96. The monoisotopic (exact) mass is 514 g/mol. The molecule has 12 heteroatoms. The second kappa shape index (κ2) is 9.27. The van der Waals surface area contributed by atoms with Crippen molar-refractivity contribution in [2.75, 3.05) is 24.9 Å². The van der Waals surface area contributed by atoms with Gasteiger partial charge in [-0.05, 0) is 35.9 Å². The first-order chi connectivity index (χ1) is 16.1. The normalized spacial score (nSPS) is 17.5. The number of fused-ring (bicyclic) bond motifs is 1. The van der Waals surface area contributed by atoms with Crippen molar-refractivity contribution in [2.45, 2.75) is 24.7 Å². The maximum Gasteiger partial charge on any atom is 0.410 e. The molecule has 1 aliphatic heterocycles. The molecule has 1 aliphatic rings. The van der Waals surface area contributed by atoms with E-state index in [1.807, 2.05) is 0 Å². The van der Waals surface area contributed by atoms with E-state index in [1.54, 1.807) is 18.2 Å². The van der Waals surface area contributed by atoms with E-state index in [9.17, 15) is 18.0 Å². The number of amides is 1. The van der Waals surface area contributed by atoms with E-state index in [0.29, 0.717) is 27.8 Å². The number of carbonyl (C=O) groups excluding carboxylic acids is 1. The number of methoxy groups -OCH3 is 2. The number of nitrogens with zero attached hydrogens (tertiary/aromatic N) is 2. The van der Waals surface area contributed by atoms with Crippen LogP contribution >= 0.6 is 23.2 Å². The molecule has 0 unspecified atom stereocenters. The highest BCUT2D eigenvalue weighted by Crippen LogP contribution is 2.44. The van der Waals surface area contributed by atoms with Crippen molar-refractivity contribution >= 4 is 40.6 Å². The number of nitrogens with one attached hydrogen (secondary N) is 2. The lowest BCUT2D eigenvalue weighted by Crippen LogP contribution is -2.35. The van der Waals surface area contributed by atoms with Crippen LogP contribution in [0.2, 0.25) is 10.0 Å². The van der Waals surface area contributed by atoms with Crippen LogP contribution in [0.1, 0.15) is 34.6 Å². The van der Waals surface area contributed by atoms with Crippen LogP contribution in [0.25, 0.3) is 0 Å². The number of ether oxygens (including phenoxy) is 2. The summed E-state index contributed by atoms with van der Waals surface area (Å²) in [4.78, 5) is 12.7. The Morgan fingerprint density at radius 1 is 1.09 bits per heavy atom. The average Bonchev–Trinajstić information content (AvgIpc) is 3.24. The van der Waals surface area contributed by atoms with Crippen LogP contribution in [0.5, 0.6) is 11.5 Å². The summed E-state index contributed by atoms with van der Waals surface area (Å²) in [5.74, 6) is 0.227. The van der Waals surface area contributed by atoms with Crippen molar-refractivity contribution in [2.24, 2.45) is 0 Å². The highest BCUT2D eigenvalue weighted by molar-refractivity contribution is 6.42. The molecule has 2 N–H and O–H groups in total. The number of alkyl halides is 3. The Kier molecular flexibility index (Phi) is 6.55. The molecule has 0 saturated carbocycles. The molecule has 180 valence electrons. The summed E-state index contributed by atoms with van der Waals surface area (Å²) in [5.41, 5.74) is 0.714. The number of hydrogen-bond donors (Lipinski definition) is 2. The van der Waals surface area contributed by atoms with E-state index in [0.717, 1.165) is 4.68 Å². The number of benzene rings is 2. The van der Waals surface area contributed by atoms with E-state index in [1.165, 1.54) is 38.5 Å². The number of hydrogen-bond acceptors (Lipinski definition) is 5. The van der Waals surface area contributed by atoms with Crippen molar-refractivity contribution in [3.8, 4) is 11.5 Å². The van der Waals surface area contributed by atoms with E-state index in [-0.39, 0.29) is 23.0 Å². The van der Waals surface area contributed by atoms with Gasteiger partial charge in [0.1, 0.15) is 5.82 Å². The second-order valence-corrected chi connectivity index (χ2v) is 8.36. The van der Waals surface area contributed by atoms with Crippen LogP contribution in [0.15, 0.2) is 42.5 Å². The van der Waals surface area contributed by atoms with Crippen molar-refractivity contribution in [1.29, 1.82) is 0 Å². The number of halogens is 5. The highest BCUT2D eigenvalue weighted by Gasteiger charge is 2.47. The summed E-state index contributed by atoms with van der Waals surface area (Å²) in [5, 5.41) is 10.1. The standard InChI is InChI=1S/C22H19Cl2F3N4O3/c1-33-17-6-3-11(7-18(17)34-2)15-9-19(22(25,26)27)31-20(29-15)10-16(30-31)21(32)28-12-4-5-13(23)14(24)8-12/h3-8,10,15,19,29H,9H2,1-2H3,(H,28,32)/t15-,19-/m0/s1. The van der Waals surface area contributed by atoms with Crippen LogP contribution in [-0.2, 0) is 0 Å². The van der Waals surface area contributed by atoms with Crippen LogP contribution < -0.4 is 20.1 Å². The summed E-state index contributed by atoms with van der Waals surface area (Å²) < 4.78 is 53.1. The Balaban J connectivity index is 1.64. The third-order valence-electron chi connectivity index (χ3n) is 5.41. The van der Waals surface area contributed by atoms with Gasteiger partial charge in [0.2, 0.25) is 0 Å². The summed E-state index contributed by atoms with van der Waals surface area (Å²) in [6.07, 6.45) is -4.92. The third-order valence-corrected chi connectivity index (χ3v) is 6.15. The van der Waals surface area contributed by atoms with Gasteiger partial charge < -0.3 is 20.1 Å². The molecule has 0 radical (unpaired) electrons. The van der Waals surface area contributed by atoms with Crippen molar-refractivity contribution in [3.63, 3.8) is 0 Å². The summed E-state index contributed by atoms with van der Waals surface area (Å²) in [7, 11) is 2.92. The fraction of sp³-hybridized carbons (Fsp3) is 0.273. The first-order valence-corrected chi connectivity index (χ1v) is 10.8. The largest absolute Gasteiger partial charge is 0.493 e.